The summed E-state index contributed by atoms with van der Waals surface area (Å²) >= 11 is 0. The predicted octanol–water partition coefficient (Wildman–Crippen LogP) is 10.2. The summed E-state index contributed by atoms with van der Waals surface area (Å²) in [5.41, 5.74) is 18.2. The number of fused-ring (bicyclic) bond motifs is 1. The highest BCUT2D eigenvalue weighted by molar-refractivity contribution is 5.89. The van der Waals surface area contributed by atoms with Crippen LogP contribution in [0.1, 0.15) is 24.2 Å². The Kier molecular flexibility index (Phi) is 7.60. The molecule has 0 saturated heterocycles. The molecule has 0 aliphatic heterocycles. The Labute approximate surface area is 264 Å². The molecule has 7 rings (SSSR count). The van der Waals surface area contributed by atoms with Gasteiger partial charge < -0.3 is 16.0 Å². The maximum Gasteiger partial charge on any atom is 0.0764 e. The van der Waals surface area contributed by atoms with Gasteiger partial charge in [0.05, 0.1) is 16.9 Å². The van der Waals surface area contributed by atoms with Crippen molar-refractivity contribution in [3.63, 3.8) is 0 Å². The maximum atomic E-state index is 6.41. The van der Waals surface area contributed by atoms with Crippen LogP contribution in [-0.2, 0) is 0 Å². The summed E-state index contributed by atoms with van der Waals surface area (Å²) in [6.45, 7) is 4.07. The fourth-order valence-electron chi connectivity index (χ4n) is 5.89. The Hall–Kier alpha value is -5.65. The fraction of sp³-hybridized carbons (Fsp3) is 0.0750. The number of aryl methyl sites for hydroxylation is 1. The van der Waals surface area contributed by atoms with E-state index in [1.54, 1.807) is 0 Å². The van der Waals surface area contributed by atoms with Crippen molar-refractivity contribution >= 4 is 39.3 Å². The number of benzene rings is 6. The van der Waals surface area contributed by atoms with E-state index in [0.717, 1.165) is 67.4 Å². The van der Waals surface area contributed by atoms with Crippen molar-refractivity contribution in [2.75, 3.05) is 10.2 Å². The number of anilines is 5. The van der Waals surface area contributed by atoms with E-state index in [4.69, 9.17) is 10.8 Å². The average molecular weight is 586 g/mol. The quantitative estimate of drug-likeness (QED) is 0.186. The molecule has 0 aliphatic rings. The number of nitrogens with one attached hydrogen (secondary N) is 1. The van der Waals surface area contributed by atoms with Crippen LogP contribution in [0.5, 0.6) is 0 Å². The third-order valence-electron chi connectivity index (χ3n) is 8.18. The number of aromatic nitrogens is 2. The van der Waals surface area contributed by atoms with Crippen LogP contribution < -0.4 is 16.0 Å². The molecule has 0 radical (unpaired) electrons. The summed E-state index contributed by atoms with van der Waals surface area (Å²) in [7, 11) is 0. The molecule has 0 spiro atoms. The number of nitrogens with zero attached hydrogens (tertiary/aromatic N) is 3. The van der Waals surface area contributed by atoms with Crippen molar-refractivity contribution < 1.29 is 0 Å². The van der Waals surface area contributed by atoms with Crippen LogP contribution in [0, 0.1) is 6.92 Å². The van der Waals surface area contributed by atoms with E-state index in [1.807, 2.05) is 41.9 Å². The normalized spacial score (nSPS) is 11.8. The second-order valence-corrected chi connectivity index (χ2v) is 11.3. The summed E-state index contributed by atoms with van der Waals surface area (Å²) in [4.78, 5) is 2.27. The minimum atomic E-state index is -0.124. The second-order valence-electron chi connectivity index (χ2n) is 11.3. The summed E-state index contributed by atoms with van der Waals surface area (Å²) in [6.07, 6.45) is 0. The Balaban J connectivity index is 1.20. The van der Waals surface area contributed by atoms with E-state index in [2.05, 4.69) is 138 Å². The Bertz CT molecular complexity index is 1990. The number of para-hydroxylation sites is 3. The van der Waals surface area contributed by atoms with Crippen LogP contribution in [0.2, 0.25) is 0 Å². The molecule has 6 aromatic carbocycles. The van der Waals surface area contributed by atoms with Gasteiger partial charge in [-0.25, -0.2) is 4.68 Å². The first-order valence-corrected chi connectivity index (χ1v) is 15.3. The van der Waals surface area contributed by atoms with Crippen molar-refractivity contribution in [3.8, 4) is 16.8 Å². The van der Waals surface area contributed by atoms with Gasteiger partial charge in [0, 0.05) is 39.9 Å². The molecule has 0 bridgehead atoms. The lowest BCUT2D eigenvalue weighted by molar-refractivity contribution is 0.822. The van der Waals surface area contributed by atoms with Gasteiger partial charge in [-0.1, -0.05) is 78.9 Å². The van der Waals surface area contributed by atoms with E-state index < -0.39 is 0 Å². The van der Waals surface area contributed by atoms with Crippen LogP contribution in [0.3, 0.4) is 0 Å². The van der Waals surface area contributed by atoms with Gasteiger partial charge in [-0.15, -0.1) is 0 Å². The van der Waals surface area contributed by atoms with Crippen molar-refractivity contribution in [1.82, 2.24) is 9.78 Å². The molecule has 5 heteroatoms. The highest BCUT2D eigenvalue weighted by Crippen LogP contribution is 2.36. The van der Waals surface area contributed by atoms with E-state index >= 15 is 0 Å². The SMILES string of the molecule is Cc1nn(-c2ccc(-c3ccc(N(c4ccccc4)c4ccccc4)cc3)cc2)c2cc(Nc3ccccc3)c(C(C)N)cc12. The van der Waals surface area contributed by atoms with Gasteiger partial charge >= 0.3 is 0 Å². The summed E-state index contributed by atoms with van der Waals surface area (Å²) in [5, 5.41) is 9.61. The lowest BCUT2D eigenvalue weighted by Crippen LogP contribution is -2.09. The first kappa shape index (κ1) is 28.1. The molecule has 45 heavy (non-hydrogen) atoms. The molecule has 220 valence electrons. The van der Waals surface area contributed by atoms with Crippen molar-refractivity contribution in [3.05, 3.63) is 163 Å². The van der Waals surface area contributed by atoms with Gasteiger partial charge in [0.25, 0.3) is 0 Å². The van der Waals surface area contributed by atoms with E-state index in [9.17, 15) is 0 Å². The van der Waals surface area contributed by atoms with Gasteiger partial charge in [-0.3, -0.25) is 0 Å². The molecular formula is C40H35N5. The molecule has 1 heterocycles. The zero-order valence-electron chi connectivity index (χ0n) is 25.4. The summed E-state index contributed by atoms with van der Waals surface area (Å²) in [6, 6.07) is 52.7. The lowest BCUT2D eigenvalue weighted by atomic mass is 10.0. The zero-order valence-corrected chi connectivity index (χ0v) is 25.4. The molecule has 5 nitrogen and oxygen atoms in total. The zero-order chi connectivity index (χ0) is 30.8. The minimum absolute atomic E-state index is 0.124. The maximum absolute atomic E-state index is 6.41. The molecule has 1 atom stereocenters. The first-order valence-electron chi connectivity index (χ1n) is 15.3. The van der Waals surface area contributed by atoms with E-state index in [0.29, 0.717) is 0 Å². The fourth-order valence-corrected chi connectivity index (χ4v) is 5.89. The second kappa shape index (κ2) is 12.2. The Morgan fingerprint density at radius 3 is 1.71 bits per heavy atom. The topological polar surface area (TPSA) is 59.1 Å². The average Bonchev–Trinajstić information content (AvgIpc) is 3.41. The van der Waals surface area contributed by atoms with Crippen LogP contribution >= 0.6 is 0 Å². The standard InChI is InChI=1S/C40H35N5/c1-28(41)37-26-38-29(2)43-45(40(38)27-39(37)42-32-12-6-3-7-13-32)36-24-20-31(21-25-36)30-18-22-35(23-19-30)44(33-14-8-4-9-15-33)34-16-10-5-11-17-34/h3-28,42H,41H2,1-2H3. The highest BCUT2D eigenvalue weighted by Gasteiger charge is 2.16. The molecule has 1 aromatic heterocycles. The molecule has 0 aliphatic carbocycles. The van der Waals surface area contributed by atoms with Gasteiger partial charge in [0.1, 0.15) is 0 Å². The minimum Gasteiger partial charge on any atom is -0.355 e. The van der Waals surface area contributed by atoms with Gasteiger partial charge in [-0.05, 0) is 103 Å². The number of hydrogen-bond acceptors (Lipinski definition) is 4. The third-order valence-corrected chi connectivity index (χ3v) is 8.18. The van der Waals surface area contributed by atoms with Gasteiger partial charge in [-0.2, -0.15) is 5.10 Å². The smallest absolute Gasteiger partial charge is 0.0764 e. The van der Waals surface area contributed by atoms with Crippen LogP contribution in [0.15, 0.2) is 152 Å². The van der Waals surface area contributed by atoms with Crippen LogP contribution in [0.25, 0.3) is 27.7 Å². The monoisotopic (exact) mass is 585 g/mol. The molecule has 1 unspecified atom stereocenters. The van der Waals surface area contributed by atoms with Crippen LogP contribution in [-0.4, -0.2) is 9.78 Å². The lowest BCUT2D eigenvalue weighted by Gasteiger charge is -2.25. The molecule has 7 aromatic rings. The molecule has 0 amide bonds. The summed E-state index contributed by atoms with van der Waals surface area (Å²) in [5.74, 6) is 0. The van der Waals surface area contributed by atoms with Crippen LogP contribution in [0.4, 0.5) is 28.4 Å². The molecule has 0 fully saturated rings. The van der Waals surface area contributed by atoms with Crippen molar-refractivity contribution in [1.29, 1.82) is 0 Å². The van der Waals surface area contributed by atoms with E-state index in [-0.39, 0.29) is 6.04 Å². The predicted molar refractivity (Wildman–Crippen MR) is 188 cm³/mol. The highest BCUT2D eigenvalue weighted by atomic mass is 15.3. The number of rotatable bonds is 8. The van der Waals surface area contributed by atoms with Crippen molar-refractivity contribution in [2.45, 2.75) is 19.9 Å². The number of hydrogen-bond donors (Lipinski definition) is 2. The number of nitrogens with two attached hydrogens (primary N) is 1. The molecule has 0 saturated carbocycles. The third kappa shape index (κ3) is 5.69. The van der Waals surface area contributed by atoms with Crippen molar-refractivity contribution in [2.24, 2.45) is 5.73 Å². The Morgan fingerprint density at radius 2 is 1.16 bits per heavy atom. The largest absolute Gasteiger partial charge is 0.355 e. The van der Waals surface area contributed by atoms with Gasteiger partial charge in [0.2, 0.25) is 0 Å². The van der Waals surface area contributed by atoms with Gasteiger partial charge in [0.15, 0.2) is 0 Å². The molecule has 3 N–H and O–H groups in total. The first-order chi connectivity index (χ1) is 22.0. The molecular weight excluding hydrogens is 550 g/mol. The van der Waals surface area contributed by atoms with E-state index in [1.165, 1.54) is 0 Å². The Morgan fingerprint density at radius 1 is 0.644 bits per heavy atom. The summed E-state index contributed by atoms with van der Waals surface area (Å²) < 4.78 is 2.02.